The van der Waals surface area contributed by atoms with E-state index in [0.717, 1.165) is 18.7 Å². The number of H-pyrrole nitrogens is 1. The van der Waals surface area contributed by atoms with Gasteiger partial charge in [0.15, 0.2) is 4.77 Å². The maximum absolute atomic E-state index is 12.8. The number of carbonyl (C=O) groups is 1. The Balaban J connectivity index is 1.76. The van der Waals surface area contributed by atoms with E-state index in [1.165, 1.54) is 10.1 Å². The first-order chi connectivity index (χ1) is 14.9. The summed E-state index contributed by atoms with van der Waals surface area (Å²) in [6, 6.07) is 12.8. The highest BCUT2D eigenvalue weighted by Crippen LogP contribution is 2.15. The molecule has 0 spiro atoms. The molecule has 1 heterocycles. The molecule has 7 nitrogen and oxygen atoms in total. The number of aromatic nitrogens is 2. The number of nitrogens with zero attached hydrogens (tertiary/aromatic N) is 2. The van der Waals surface area contributed by atoms with E-state index in [1.54, 1.807) is 25.3 Å². The van der Waals surface area contributed by atoms with Crippen LogP contribution in [0.4, 0.5) is 5.69 Å². The molecule has 0 unspecified atom stereocenters. The molecule has 1 amide bonds. The molecule has 2 N–H and O–H groups in total. The van der Waals surface area contributed by atoms with Crippen molar-refractivity contribution in [3.05, 3.63) is 68.7 Å². The highest BCUT2D eigenvalue weighted by molar-refractivity contribution is 7.71. The summed E-state index contributed by atoms with van der Waals surface area (Å²) >= 11 is 5.34. The monoisotopic (exact) mass is 440 g/mol. The van der Waals surface area contributed by atoms with Crippen LogP contribution in [0, 0.1) is 4.77 Å². The normalized spacial score (nSPS) is 11.2. The van der Waals surface area contributed by atoms with Crippen molar-refractivity contribution in [1.29, 1.82) is 0 Å². The predicted octanol–water partition coefficient (Wildman–Crippen LogP) is 3.45. The number of hydrogen-bond acceptors (Lipinski definition) is 5. The first kappa shape index (κ1) is 22.9. The zero-order valence-electron chi connectivity index (χ0n) is 18.1. The van der Waals surface area contributed by atoms with Crippen LogP contribution in [-0.4, -0.2) is 54.7 Å². The molecule has 0 aliphatic rings. The van der Waals surface area contributed by atoms with E-state index in [9.17, 15) is 9.59 Å². The van der Waals surface area contributed by atoms with Crippen LogP contribution >= 0.6 is 12.2 Å². The van der Waals surface area contributed by atoms with E-state index >= 15 is 0 Å². The van der Waals surface area contributed by atoms with Gasteiger partial charge in [-0.3, -0.25) is 14.2 Å². The molecular formula is C23H28N4O3S. The Morgan fingerprint density at radius 3 is 2.61 bits per heavy atom. The number of aromatic amines is 1. The van der Waals surface area contributed by atoms with Crippen LogP contribution < -0.4 is 10.9 Å². The van der Waals surface area contributed by atoms with Gasteiger partial charge in [-0.05, 0) is 75.1 Å². The third kappa shape index (κ3) is 5.88. The molecule has 3 rings (SSSR count). The second-order valence-corrected chi connectivity index (χ2v) is 8.08. The lowest BCUT2D eigenvalue weighted by molar-refractivity contribution is 0.102. The van der Waals surface area contributed by atoms with Crippen LogP contribution in [0.15, 0.2) is 47.3 Å². The Bertz CT molecular complexity index is 1170. The fourth-order valence-electron chi connectivity index (χ4n) is 3.28. The molecule has 1 aromatic heterocycles. The molecule has 0 bridgehead atoms. The lowest BCUT2D eigenvalue weighted by Crippen LogP contribution is -2.23. The van der Waals surface area contributed by atoms with Crippen molar-refractivity contribution in [3.63, 3.8) is 0 Å². The summed E-state index contributed by atoms with van der Waals surface area (Å²) in [4.78, 5) is 30.7. The van der Waals surface area contributed by atoms with Gasteiger partial charge in [0.25, 0.3) is 11.5 Å². The van der Waals surface area contributed by atoms with Gasteiger partial charge in [0.2, 0.25) is 0 Å². The number of anilines is 1. The standard InChI is InChI=1S/C23H28N4O3S/c1-26(2)13-11-16-5-8-18(9-6-16)24-21(28)17-7-10-19-20(15-17)25-23(31)27(22(19)29)12-4-14-30-3/h5-10,15H,4,11-14H2,1-3H3,(H,24,28)(H,25,31). The largest absolute Gasteiger partial charge is 0.385 e. The van der Waals surface area contributed by atoms with Gasteiger partial charge >= 0.3 is 0 Å². The number of fused-ring (bicyclic) bond motifs is 1. The third-order valence-electron chi connectivity index (χ3n) is 5.03. The minimum Gasteiger partial charge on any atom is -0.385 e. The predicted molar refractivity (Wildman–Crippen MR) is 127 cm³/mol. The van der Waals surface area contributed by atoms with Crippen molar-refractivity contribution >= 4 is 34.7 Å². The number of carbonyl (C=O) groups excluding carboxylic acids is 1. The summed E-state index contributed by atoms with van der Waals surface area (Å²) in [5.74, 6) is -0.244. The van der Waals surface area contributed by atoms with Crippen LogP contribution in [0.1, 0.15) is 22.3 Å². The molecule has 0 radical (unpaired) electrons. The Morgan fingerprint density at radius 1 is 1.19 bits per heavy atom. The van der Waals surface area contributed by atoms with E-state index in [2.05, 4.69) is 15.2 Å². The molecule has 31 heavy (non-hydrogen) atoms. The molecule has 8 heteroatoms. The van der Waals surface area contributed by atoms with E-state index in [-0.39, 0.29) is 11.5 Å². The van der Waals surface area contributed by atoms with Crippen LogP contribution in [0.25, 0.3) is 10.9 Å². The zero-order valence-corrected chi connectivity index (χ0v) is 18.9. The van der Waals surface area contributed by atoms with Crippen molar-refractivity contribution in [1.82, 2.24) is 14.5 Å². The minimum atomic E-state index is -0.244. The van der Waals surface area contributed by atoms with Gasteiger partial charge in [-0.2, -0.15) is 0 Å². The first-order valence-corrected chi connectivity index (χ1v) is 10.6. The molecule has 3 aromatic rings. The van der Waals surface area contributed by atoms with E-state index in [4.69, 9.17) is 17.0 Å². The number of rotatable bonds is 9. The average Bonchev–Trinajstić information content (AvgIpc) is 2.75. The summed E-state index contributed by atoms with van der Waals surface area (Å²) in [5, 5.41) is 3.40. The van der Waals surface area contributed by atoms with Crippen molar-refractivity contribution in [3.8, 4) is 0 Å². The maximum atomic E-state index is 12.8. The number of hydrogen-bond donors (Lipinski definition) is 2. The second-order valence-electron chi connectivity index (χ2n) is 7.70. The third-order valence-corrected chi connectivity index (χ3v) is 5.36. The highest BCUT2D eigenvalue weighted by atomic mass is 32.1. The molecule has 0 saturated heterocycles. The zero-order chi connectivity index (χ0) is 22.4. The molecule has 0 atom stereocenters. The topological polar surface area (TPSA) is 79.4 Å². The SMILES string of the molecule is COCCCn1c(=S)[nH]c2cc(C(=O)Nc3ccc(CCN(C)C)cc3)ccc2c1=O. The quantitative estimate of drug-likeness (QED) is 0.394. The molecule has 2 aromatic carbocycles. The van der Waals surface area contributed by atoms with Crippen LogP contribution in [0.3, 0.4) is 0 Å². The number of nitrogens with one attached hydrogen (secondary N) is 2. The minimum absolute atomic E-state index is 0.171. The van der Waals surface area contributed by atoms with Gasteiger partial charge in [-0.15, -0.1) is 0 Å². The smallest absolute Gasteiger partial charge is 0.262 e. The maximum Gasteiger partial charge on any atom is 0.262 e. The van der Waals surface area contributed by atoms with Crippen LogP contribution in [0.2, 0.25) is 0 Å². The van der Waals surface area contributed by atoms with Crippen molar-refractivity contribution in [2.45, 2.75) is 19.4 Å². The lowest BCUT2D eigenvalue weighted by Gasteiger charge is -2.11. The number of ether oxygens (including phenoxy) is 1. The summed E-state index contributed by atoms with van der Waals surface area (Å²) in [7, 11) is 5.71. The van der Waals surface area contributed by atoms with E-state index in [0.29, 0.717) is 40.8 Å². The number of amides is 1. The van der Waals surface area contributed by atoms with Gasteiger partial charge in [0.1, 0.15) is 0 Å². The Labute approximate surface area is 186 Å². The van der Waals surface area contributed by atoms with Gasteiger partial charge in [0, 0.05) is 38.1 Å². The summed E-state index contributed by atoms with van der Waals surface area (Å²) < 4.78 is 6.90. The Kier molecular flexibility index (Phi) is 7.73. The molecular weight excluding hydrogens is 412 g/mol. The van der Waals surface area contributed by atoms with Gasteiger partial charge < -0.3 is 19.9 Å². The average molecular weight is 441 g/mol. The van der Waals surface area contributed by atoms with Crippen molar-refractivity contribution < 1.29 is 9.53 Å². The lowest BCUT2D eigenvalue weighted by atomic mass is 10.1. The Hall–Kier alpha value is -2.81. The van der Waals surface area contributed by atoms with E-state index in [1.807, 2.05) is 38.4 Å². The highest BCUT2D eigenvalue weighted by Gasteiger charge is 2.11. The molecule has 164 valence electrons. The van der Waals surface area contributed by atoms with Gasteiger partial charge in [0.05, 0.1) is 10.9 Å². The van der Waals surface area contributed by atoms with Crippen LogP contribution in [0.5, 0.6) is 0 Å². The van der Waals surface area contributed by atoms with E-state index < -0.39 is 0 Å². The molecule has 0 fully saturated rings. The molecule has 0 aliphatic heterocycles. The van der Waals surface area contributed by atoms with Crippen molar-refractivity contribution in [2.75, 3.05) is 39.7 Å². The fraction of sp³-hybridized carbons (Fsp3) is 0.348. The van der Waals surface area contributed by atoms with Crippen molar-refractivity contribution in [2.24, 2.45) is 0 Å². The fourth-order valence-corrected chi connectivity index (χ4v) is 3.56. The summed E-state index contributed by atoms with van der Waals surface area (Å²) in [6.07, 6.45) is 1.64. The first-order valence-electron chi connectivity index (χ1n) is 10.2. The molecule has 0 aliphatic carbocycles. The summed E-state index contributed by atoms with van der Waals surface area (Å²) in [6.45, 7) is 2.00. The Morgan fingerprint density at radius 2 is 1.94 bits per heavy atom. The van der Waals surface area contributed by atoms with Gasteiger partial charge in [-0.25, -0.2) is 0 Å². The number of likely N-dealkylation sites (N-methyl/N-ethyl adjacent to an activating group) is 1. The number of methoxy groups -OCH3 is 1. The van der Waals surface area contributed by atoms with Gasteiger partial charge in [-0.1, -0.05) is 12.1 Å². The molecule has 0 saturated carbocycles. The number of benzene rings is 2. The second kappa shape index (κ2) is 10.5. The van der Waals surface area contributed by atoms with Crippen LogP contribution in [-0.2, 0) is 17.7 Å². The summed E-state index contributed by atoms with van der Waals surface area (Å²) in [5.41, 5.74) is 2.76.